The third-order valence-electron chi connectivity index (χ3n) is 5.73. The number of amides is 2. The zero-order chi connectivity index (χ0) is 25.5. The van der Waals surface area contributed by atoms with Gasteiger partial charge in [0.15, 0.2) is 0 Å². The fraction of sp³-hybridized carbons (Fsp3) is 0.923. The maximum absolute atomic E-state index is 11.9. The molecule has 2 amide bonds. The fourth-order valence-corrected chi connectivity index (χ4v) is 3.78. The van der Waals surface area contributed by atoms with Crippen LogP contribution in [-0.4, -0.2) is 100 Å². The second kappa shape index (κ2) is 16.5. The van der Waals surface area contributed by atoms with E-state index in [4.69, 9.17) is 9.47 Å². The van der Waals surface area contributed by atoms with Gasteiger partial charge < -0.3 is 20.1 Å². The molecule has 8 nitrogen and oxygen atoms in total. The maximum atomic E-state index is 11.9. The van der Waals surface area contributed by atoms with Crippen LogP contribution in [0, 0.1) is 10.8 Å². The Kier molecular flexibility index (Phi) is 14.9. The summed E-state index contributed by atoms with van der Waals surface area (Å²) in [6.45, 7) is 22.4. The van der Waals surface area contributed by atoms with Crippen LogP contribution in [0.2, 0.25) is 0 Å². The Morgan fingerprint density at radius 3 is 1.85 bits per heavy atom. The predicted molar refractivity (Wildman–Crippen MR) is 138 cm³/mol. The Morgan fingerprint density at radius 1 is 0.706 bits per heavy atom. The van der Waals surface area contributed by atoms with E-state index in [1.807, 2.05) is 0 Å². The highest BCUT2D eigenvalue weighted by atomic mass is 16.5. The van der Waals surface area contributed by atoms with Crippen LogP contribution in [0.25, 0.3) is 0 Å². The summed E-state index contributed by atoms with van der Waals surface area (Å²) in [6.07, 6.45) is 3.14. The van der Waals surface area contributed by atoms with Crippen LogP contribution in [0.5, 0.6) is 0 Å². The minimum absolute atomic E-state index is 0.0348. The first-order chi connectivity index (χ1) is 15.9. The van der Waals surface area contributed by atoms with E-state index in [1.54, 1.807) is 0 Å². The molecule has 8 heteroatoms. The Morgan fingerprint density at radius 2 is 1.26 bits per heavy atom. The molecule has 0 aromatic heterocycles. The SMILES string of the molecule is CC(C)(C)CCCC(=O)NCCOCCOCCN1CCN(CCNC(=O)CC(C)(C)C)CC1. The Balaban J connectivity index is 1.90. The highest BCUT2D eigenvalue weighted by Gasteiger charge is 2.18. The summed E-state index contributed by atoms with van der Waals surface area (Å²) in [5, 5.41) is 5.94. The lowest BCUT2D eigenvalue weighted by Crippen LogP contribution is -2.49. The number of hydrogen-bond acceptors (Lipinski definition) is 6. The van der Waals surface area contributed by atoms with Crippen LogP contribution in [0.1, 0.15) is 67.2 Å². The van der Waals surface area contributed by atoms with Crippen LogP contribution in [0.15, 0.2) is 0 Å². The molecule has 0 aromatic carbocycles. The molecule has 1 fully saturated rings. The summed E-state index contributed by atoms with van der Waals surface area (Å²) in [4.78, 5) is 28.5. The summed E-state index contributed by atoms with van der Waals surface area (Å²) in [5.41, 5.74) is 0.316. The molecule has 0 radical (unpaired) electrons. The van der Waals surface area contributed by atoms with Crippen molar-refractivity contribution >= 4 is 11.8 Å². The van der Waals surface area contributed by atoms with Crippen molar-refractivity contribution in [1.82, 2.24) is 20.4 Å². The van der Waals surface area contributed by atoms with Crippen LogP contribution in [0.3, 0.4) is 0 Å². The zero-order valence-corrected chi connectivity index (χ0v) is 22.8. The van der Waals surface area contributed by atoms with E-state index >= 15 is 0 Å². The van der Waals surface area contributed by atoms with E-state index in [1.165, 1.54) is 0 Å². The molecule has 0 saturated carbocycles. The molecule has 0 spiro atoms. The van der Waals surface area contributed by atoms with Crippen LogP contribution < -0.4 is 10.6 Å². The van der Waals surface area contributed by atoms with Crippen molar-refractivity contribution in [2.24, 2.45) is 10.8 Å². The minimum Gasteiger partial charge on any atom is -0.378 e. The van der Waals surface area contributed by atoms with Gasteiger partial charge >= 0.3 is 0 Å². The Bertz CT molecular complexity index is 564. The summed E-state index contributed by atoms with van der Waals surface area (Å²) < 4.78 is 11.2. The molecule has 1 heterocycles. The quantitative estimate of drug-likeness (QED) is 0.328. The Labute approximate surface area is 208 Å². The first kappa shape index (κ1) is 30.8. The molecule has 2 N–H and O–H groups in total. The fourth-order valence-electron chi connectivity index (χ4n) is 3.78. The molecule has 1 saturated heterocycles. The third-order valence-corrected chi connectivity index (χ3v) is 5.73. The van der Waals surface area contributed by atoms with Gasteiger partial charge in [0, 0.05) is 65.2 Å². The first-order valence-corrected chi connectivity index (χ1v) is 13.1. The van der Waals surface area contributed by atoms with Gasteiger partial charge in [-0.25, -0.2) is 0 Å². The Hall–Kier alpha value is -1.22. The van der Waals surface area contributed by atoms with Crippen molar-refractivity contribution in [2.45, 2.75) is 67.2 Å². The molecule has 0 aliphatic carbocycles. The highest BCUT2D eigenvalue weighted by Crippen LogP contribution is 2.21. The van der Waals surface area contributed by atoms with Gasteiger partial charge in [-0.05, 0) is 23.7 Å². The van der Waals surface area contributed by atoms with Gasteiger partial charge in [0.25, 0.3) is 0 Å². The lowest BCUT2D eigenvalue weighted by Gasteiger charge is -2.34. The zero-order valence-electron chi connectivity index (χ0n) is 22.8. The number of carbonyl (C=O) groups is 2. The van der Waals surface area contributed by atoms with Gasteiger partial charge in [-0.15, -0.1) is 0 Å². The number of piperazine rings is 1. The van der Waals surface area contributed by atoms with Crippen molar-refractivity contribution in [3.63, 3.8) is 0 Å². The molecule has 0 aromatic rings. The van der Waals surface area contributed by atoms with E-state index in [0.717, 1.165) is 58.7 Å². The maximum Gasteiger partial charge on any atom is 0.220 e. The number of rotatable bonds is 16. The first-order valence-electron chi connectivity index (χ1n) is 13.1. The van der Waals surface area contributed by atoms with E-state index in [0.29, 0.717) is 45.8 Å². The van der Waals surface area contributed by atoms with Crippen molar-refractivity contribution in [3.8, 4) is 0 Å². The van der Waals surface area contributed by atoms with E-state index < -0.39 is 0 Å². The van der Waals surface area contributed by atoms with Gasteiger partial charge in [-0.2, -0.15) is 0 Å². The molecule has 34 heavy (non-hydrogen) atoms. The number of nitrogens with one attached hydrogen (secondary N) is 2. The summed E-state index contributed by atoms with van der Waals surface area (Å²) in [5.74, 6) is 0.248. The smallest absolute Gasteiger partial charge is 0.220 e. The minimum atomic E-state index is 0.0348. The third kappa shape index (κ3) is 18.2. The molecule has 1 aliphatic heterocycles. The number of hydrogen-bond donors (Lipinski definition) is 2. The average Bonchev–Trinajstić information content (AvgIpc) is 2.71. The van der Waals surface area contributed by atoms with E-state index in [-0.39, 0.29) is 22.6 Å². The monoisotopic (exact) mass is 484 g/mol. The summed E-state index contributed by atoms with van der Waals surface area (Å²) >= 11 is 0. The second-order valence-corrected chi connectivity index (χ2v) is 11.8. The number of ether oxygens (including phenoxy) is 2. The highest BCUT2D eigenvalue weighted by molar-refractivity contribution is 5.76. The predicted octanol–water partition coefficient (Wildman–Crippen LogP) is 2.52. The molecule has 0 unspecified atom stereocenters. The molecule has 200 valence electrons. The normalized spacial score (nSPS) is 15.9. The van der Waals surface area contributed by atoms with Gasteiger partial charge in [0.2, 0.25) is 11.8 Å². The van der Waals surface area contributed by atoms with Crippen molar-refractivity contribution in [2.75, 3.05) is 78.8 Å². The lowest BCUT2D eigenvalue weighted by molar-refractivity contribution is -0.123. The molecular weight excluding hydrogens is 432 g/mol. The van der Waals surface area contributed by atoms with Crippen LogP contribution in [0.4, 0.5) is 0 Å². The number of nitrogens with zero attached hydrogens (tertiary/aromatic N) is 2. The van der Waals surface area contributed by atoms with Crippen LogP contribution in [-0.2, 0) is 19.1 Å². The van der Waals surface area contributed by atoms with Gasteiger partial charge in [0.1, 0.15) is 0 Å². The molecule has 0 bridgehead atoms. The molecule has 1 rings (SSSR count). The number of carbonyl (C=O) groups excluding carboxylic acids is 2. The molecule has 1 aliphatic rings. The molecule has 0 atom stereocenters. The lowest BCUT2D eigenvalue weighted by atomic mass is 9.90. The standard InChI is InChI=1S/C26H52N4O4/c1-25(2,3)9-7-8-23(31)28-11-18-33-20-21-34-19-17-30-15-13-29(14-16-30)12-10-27-24(32)22-26(4,5)6/h7-22H2,1-6H3,(H,27,32)(H,28,31). The summed E-state index contributed by atoms with van der Waals surface area (Å²) in [6, 6.07) is 0. The topological polar surface area (TPSA) is 83.1 Å². The average molecular weight is 485 g/mol. The van der Waals surface area contributed by atoms with Crippen molar-refractivity contribution in [3.05, 3.63) is 0 Å². The molecular formula is C26H52N4O4. The second-order valence-electron chi connectivity index (χ2n) is 11.8. The van der Waals surface area contributed by atoms with Gasteiger partial charge in [0.05, 0.1) is 26.4 Å². The van der Waals surface area contributed by atoms with E-state index in [2.05, 4.69) is 62.0 Å². The van der Waals surface area contributed by atoms with Crippen LogP contribution >= 0.6 is 0 Å². The van der Waals surface area contributed by atoms with Crippen molar-refractivity contribution < 1.29 is 19.1 Å². The van der Waals surface area contributed by atoms with Gasteiger partial charge in [-0.3, -0.25) is 19.4 Å². The largest absolute Gasteiger partial charge is 0.378 e. The van der Waals surface area contributed by atoms with Crippen molar-refractivity contribution in [1.29, 1.82) is 0 Å². The van der Waals surface area contributed by atoms with E-state index in [9.17, 15) is 9.59 Å². The summed E-state index contributed by atoms with van der Waals surface area (Å²) in [7, 11) is 0. The van der Waals surface area contributed by atoms with Gasteiger partial charge in [-0.1, -0.05) is 41.5 Å².